The van der Waals surface area contributed by atoms with Gasteiger partial charge in [0.25, 0.3) is 0 Å². The first-order valence-electron chi connectivity index (χ1n) is 7.41. The third-order valence-corrected chi connectivity index (χ3v) is 5.06. The van der Waals surface area contributed by atoms with E-state index in [-0.39, 0.29) is 10.9 Å². The van der Waals surface area contributed by atoms with Crippen LogP contribution in [-0.4, -0.2) is 27.0 Å². The summed E-state index contributed by atoms with van der Waals surface area (Å²) in [6.45, 7) is 7.11. The first kappa shape index (κ1) is 16.3. The van der Waals surface area contributed by atoms with Gasteiger partial charge in [-0.2, -0.15) is 0 Å². The van der Waals surface area contributed by atoms with Gasteiger partial charge in [-0.1, -0.05) is 0 Å². The standard InChI is InChI=1S/C15H25N3O2S/c1-10-7-14(21(16,19)20)9-15(12(10)3)18-11(2)8-13-5-4-6-17-13/h7,9,11,13,17-18H,4-6,8H2,1-3H3,(H2,16,19,20). The van der Waals surface area contributed by atoms with Crippen molar-refractivity contribution in [3.8, 4) is 0 Å². The monoisotopic (exact) mass is 311 g/mol. The molecule has 2 unspecified atom stereocenters. The van der Waals surface area contributed by atoms with Crippen molar-refractivity contribution in [2.75, 3.05) is 11.9 Å². The minimum Gasteiger partial charge on any atom is -0.382 e. The fourth-order valence-electron chi connectivity index (χ4n) is 2.85. The molecule has 1 aliphatic heterocycles. The highest BCUT2D eigenvalue weighted by atomic mass is 32.2. The zero-order valence-electron chi connectivity index (χ0n) is 12.9. The molecule has 1 fully saturated rings. The second-order valence-electron chi connectivity index (χ2n) is 6.03. The number of primary sulfonamides is 1. The number of hydrogen-bond donors (Lipinski definition) is 3. The lowest BCUT2D eigenvalue weighted by Crippen LogP contribution is -2.29. The largest absolute Gasteiger partial charge is 0.382 e. The van der Waals surface area contributed by atoms with E-state index in [9.17, 15) is 8.42 Å². The molecule has 1 heterocycles. The Labute approximate surface area is 127 Å². The molecule has 4 N–H and O–H groups in total. The molecule has 0 spiro atoms. The van der Waals surface area contributed by atoms with Crippen LogP contribution in [0.1, 0.15) is 37.3 Å². The number of benzene rings is 1. The highest BCUT2D eigenvalue weighted by Crippen LogP contribution is 2.25. The summed E-state index contributed by atoms with van der Waals surface area (Å²) < 4.78 is 23.1. The molecule has 1 aliphatic rings. The third kappa shape index (κ3) is 4.18. The Morgan fingerprint density at radius 1 is 1.43 bits per heavy atom. The van der Waals surface area contributed by atoms with Gasteiger partial charge in [0, 0.05) is 17.8 Å². The normalized spacial score (nSPS) is 20.5. The van der Waals surface area contributed by atoms with E-state index in [1.807, 2.05) is 13.8 Å². The van der Waals surface area contributed by atoms with E-state index in [1.54, 1.807) is 12.1 Å². The number of sulfonamides is 1. The van der Waals surface area contributed by atoms with E-state index in [4.69, 9.17) is 5.14 Å². The second-order valence-corrected chi connectivity index (χ2v) is 7.59. The molecule has 1 aromatic carbocycles. The first-order chi connectivity index (χ1) is 9.77. The van der Waals surface area contributed by atoms with Gasteiger partial charge in [-0.15, -0.1) is 0 Å². The minimum atomic E-state index is -3.68. The fourth-order valence-corrected chi connectivity index (χ4v) is 3.47. The summed E-state index contributed by atoms with van der Waals surface area (Å²) in [5.41, 5.74) is 2.84. The van der Waals surface area contributed by atoms with E-state index in [2.05, 4.69) is 17.6 Å². The molecule has 118 valence electrons. The first-order valence-corrected chi connectivity index (χ1v) is 8.96. The van der Waals surface area contributed by atoms with E-state index >= 15 is 0 Å². The van der Waals surface area contributed by atoms with Crippen molar-refractivity contribution < 1.29 is 8.42 Å². The Balaban J connectivity index is 2.16. The van der Waals surface area contributed by atoms with Crippen molar-refractivity contribution in [2.45, 2.75) is 57.0 Å². The summed E-state index contributed by atoms with van der Waals surface area (Å²) in [5.74, 6) is 0. The number of anilines is 1. The van der Waals surface area contributed by atoms with Crippen LogP contribution in [0.2, 0.25) is 0 Å². The molecule has 0 aromatic heterocycles. The molecule has 1 aromatic rings. The van der Waals surface area contributed by atoms with E-state index in [1.165, 1.54) is 12.8 Å². The molecular weight excluding hydrogens is 286 g/mol. The Morgan fingerprint density at radius 3 is 2.71 bits per heavy atom. The molecule has 21 heavy (non-hydrogen) atoms. The lowest BCUT2D eigenvalue weighted by molar-refractivity contribution is 0.523. The van der Waals surface area contributed by atoms with E-state index in [0.29, 0.717) is 6.04 Å². The van der Waals surface area contributed by atoms with E-state index < -0.39 is 10.0 Å². The quantitative estimate of drug-likeness (QED) is 0.775. The van der Waals surface area contributed by atoms with Crippen LogP contribution < -0.4 is 15.8 Å². The molecule has 1 saturated heterocycles. The van der Waals surface area contributed by atoms with Gasteiger partial charge in [0.05, 0.1) is 4.90 Å². The zero-order chi connectivity index (χ0) is 15.6. The zero-order valence-corrected chi connectivity index (χ0v) is 13.8. The lowest BCUT2D eigenvalue weighted by Gasteiger charge is -2.21. The van der Waals surface area contributed by atoms with Gasteiger partial charge < -0.3 is 10.6 Å². The Hall–Kier alpha value is -1.11. The van der Waals surface area contributed by atoms with Crippen LogP contribution in [0.15, 0.2) is 17.0 Å². The lowest BCUT2D eigenvalue weighted by atomic mass is 10.0. The summed E-state index contributed by atoms with van der Waals surface area (Å²) in [6, 6.07) is 4.08. The van der Waals surface area contributed by atoms with Crippen molar-refractivity contribution in [2.24, 2.45) is 5.14 Å². The highest BCUT2D eigenvalue weighted by Gasteiger charge is 2.18. The maximum atomic E-state index is 11.6. The van der Waals surface area contributed by atoms with Crippen molar-refractivity contribution >= 4 is 15.7 Å². The highest BCUT2D eigenvalue weighted by molar-refractivity contribution is 7.89. The molecular formula is C15H25N3O2S. The van der Waals surface area contributed by atoms with Crippen molar-refractivity contribution in [1.29, 1.82) is 0 Å². The predicted molar refractivity (Wildman–Crippen MR) is 86.0 cm³/mol. The molecule has 5 nitrogen and oxygen atoms in total. The number of nitrogens with two attached hydrogens (primary N) is 1. The number of rotatable bonds is 5. The summed E-state index contributed by atoms with van der Waals surface area (Å²) in [6.07, 6.45) is 3.47. The van der Waals surface area contributed by atoms with Crippen molar-refractivity contribution in [3.05, 3.63) is 23.3 Å². The van der Waals surface area contributed by atoms with Crippen LogP contribution in [0, 0.1) is 13.8 Å². The summed E-state index contributed by atoms with van der Waals surface area (Å²) >= 11 is 0. The van der Waals surface area contributed by atoms with Gasteiger partial charge in [-0.05, 0) is 69.8 Å². The molecule has 0 aliphatic carbocycles. The van der Waals surface area contributed by atoms with Crippen molar-refractivity contribution in [3.63, 3.8) is 0 Å². The van der Waals surface area contributed by atoms with Crippen molar-refractivity contribution in [1.82, 2.24) is 5.32 Å². The Morgan fingerprint density at radius 2 is 2.14 bits per heavy atom. The van der Waals surface area contributed by atoms with Gasteiger partial charge in [0.2, 0.25) is 10.0 Å². The number of hydrogen-bond acceptors (Lipinski definition) is 4. The van der Waals surface area contributed by atoms with Crippen LogP contribution in [0.3, 0.4) is 0 Å². The fraction of sp³-hybridized carbons (Fsp3) is 0.600. The van der Waals surface area contributed by atoms with Gasteiger partial charge in [-0.25, -0.2) is 13.6 Å². The molecule has 2 atom stereocenters. The molecule has 6 heteroatoms. The Kier molecular flexibility index (Phi) is 4.91. The van der Waals surface area contributed by atoms with E-state index in [0.717, 1.165) is 29.8 Å². The molecule has 2 rings (SSSR count). The molecule has 0 saturated carbocycles. The van der Waals surface area contributed by atoms with Gasteiger partial charge >= 0.3 is 0 Å². The SMILES string of the molecule is Cc1cc(S(N)(=O)=O)cc(NC(C)CC2CCCN2)c1C. The van der Waals surface area contributed by atoms with Gasteiger partial charge in [0.15, 0.2) is 0 Å². The van der Waals surface area contributed by atoms with Crippen LogP contribution in [0.4, 0.5) is 5.69 Å². The van der Waals surface area contributed by atoms with Crippen LogP contribution in [0.25, 0.3) is 0 Å². The Bertz CT molecular complexity index is 608. The summed E-state index contributed by atoms with van der Waals surface area (Å²) in [4.78, 5) is 0.166. The maximum Gasteiger partial charge on any atom is 0.238 e. The average Bonchev–Trinajstić information content (AvgIpc) is 2.86. The third-order valence-electron chi connectivity index (χ3n) is 4.17. The van der Waals surface area contributed by atoms with Gasteiger partial charge in [0.1, 0.15) is 0 Å². The smallest absolute Gasteiger partial charge is 0.238 e. The summed E-state index contributed by atoms with van der Waals surface area (Å²) in [7, 11) is -3.68. The number of aryl methyl sites for hydroxylation is 1. The maximum absolute atomic E-state index is 11.6. The topological polar surface area (TPSA) is 84.2 Å². The molecule has 0 radical (unpaired) electrons. The average molecular weight is 311 g/mol. The molecule has 0 bridgehead atoms. The van der Waals surface area contributed by atoms with Crippen LogP contribution in [-0.2, 0) is 10.0 Å². The van der Waals surface area contributed by atoms with Crippen LogP contribution in [0.5, 0.6) is 0 Å². The second kappa shape index (κ2) is 6.34. The summed E-state index contributed by atoms with van der Waals surface area (Å²) in [5, 5.41) is 12.2. The van der Waals surface area contributed by atoms with Gasteiger partial charge in [-0.3, -0.25) is 0 Å². The minimum absolute atomic E-state index is 0.166. The number of nitrogens with one attached hydrogen (secondary N) is 2. The molecule has 0 amide bonds. The predicted octanol–water partition coefficient (Wildman–Crippen LogP) is 1.89. The van der Waals surface area contributed by atoms with Crippen LogP contribution >= 0.6 is 0 Å².